The molecular weight excluding hydrogens is 620 g/mol. The number of nitrogens with zero attached hydrogens (tertiary/aromatic N) is 2. The summed E-state index contributed by atoms with van der Waals surface area (Å²) < 4.78 is 6.34. The first-order valence-electron chi connectivity index (χ1n) is 15.0. The Morgan fingerprint density at radius 2 is 1.55 bits per heavy atom. The van der Waals surface area contributed by atoms with Crippen LogP contribution in [-0.2, 0) is 14.3 Å². The summed E-state index contributed by atoms with van der Waals surface area (Å²) in [6, 6.07) is 18.0. The average molecular weight is 652 g/mol. The number of carbonyl (C=O) groups excluding carboxylic acids is 4. The highest BCUT2D eigenvalue weighted by Gasteiger charge is 2.61. The number of ether oxygens (including phenoxy) is 1. The third kappa shape index (κ3) is 4.67. The van der Waals surface area contributed by atoms with Crippen molar-refractivity contribution in [1.82, 2.24) is 4.98 Å². The number of rotatable bonds is 6. The molecule has 2 bridgehead atoms. The molecule has 0 spiro atoms. The lowest BCUT2D eigenvalue weighted by Crippen LogP contribution is -2.32. The molecule has 2 heterocycles. The molecule has 7 rings (SSSR count). The van der Waals surface area contributed by atoms with Crippen LogP contribution < -0.4 is 4.90 Å². The zero-order chi connectivity index (χ0) is 30.9. The highest BCUT2D eigenvalue weighted by molar-refractivity contribution is 9.10. The van der Waals surface area contributed by atoms with Crippen LogP contribution in [0, 0.1) is 44.4 Å². The third-order valence-electron chi connectivity index (χ3n) is 9.80. The fourth-order valence-electron chi connectivity index (χ4n) is 7.42. The number of fused-ring (bicyclic) bond motifs is 6. The molecular formula is C36H31BrN2O5. The van der Waals surface area contributed by atoms with Gasteiger partial charge in [0.1, 0.15) is 0 Å². The monoisotopic (exact) mass is 650 g/mol. The summed E-state index contributed by atoms with van der Waals surface area (Å²) in [5.41, 5.74) is 6.17. The number of pyridine rings is 1. The predicted molar refractivity (Wildman–Crippen MR) is 170 cm³/mol. The van der Waals surface area contributed by atoms with Crippen LogP contribution in [0.3, 0.4) is 0 Å². The molecule has 4 unspecified atom stereocenters. The van der Waals surface area contributed by atoms with E-state index in [0.29, 0.717) is 45.2 Å². The molecule has 3 fully saturated rings. The second kappa shape index (κ2) is 10.8. The molecule has 222 valence electrons. The van der Waals surface area contributed by atoms with E-state index in [1.807, 2.05) is 51.1 Å². The van der Waals surface area contributed by atoms with Gasteiger partial charge in [-0.25, -0.2) is 9.78 Å². The second-order valence-electron chi connectivity index (χ2n) is 12.4. The molecule has 7 nitrogen and oxygen atoms in total. The minimum absolute atomic E-state index is 0.0784. The van der Waals surface area contributed by atoms with Crippen molar-refractivity contribution in [3.63, 3.8) is 0 Å². The fraction of sp³-hybridized carbons (Fsp3) is 0.306. The first-order valence-corrected chi connectivity index (χ1v) is 15.8. The summed E-state index contributed by atoms with van der Waals surface area (Å²) in [6.07, 6.45) is 3.06. The number of Topliss-reactive ketones (excluding diaryl/α,β-unsaturated/α-hetero) is 1. The van der Waals surface area contributed by atoms with Gasteiger partial charge in [0, 0.05) is 21.0 Å². The van der Waals surface area contributed by atoms with Crippen molar-refractivity contribution in [2.45, 2.75) is 40.0 Å². The van der Waals surface area contributed by atoms with Gasteiger partial charge < -0.3 is 4.74 Å². The molecule has 8 heteroatoms. The smallest absolute Gasteiger partial charge is 0.339 e. The third-order valence-corrected chi connectivity index (χ3v) is 10.3. The highest BCUT2D eigenvalue weighted by atomic mass is 79.9. The minimum atomic E-state index is -0.626. The molecule has 2 saturated carbocycles. The van der Waals surface area contributed by atoms with Crippen LogP contribution in [0.5, 0.6) is 0 Å². The molecule has 0 radical (unpaired) electrons. The molecule has 1 aromatic heterocycles. The summed E-state index contributed by atoms with van der Waals surface area (Å²) >= 11 is 3.52. The Balaban J connectivity index is 1.18. The minimum Gasteiger partial charge on any atom is -0.454 e. The Labute approximate surface area is 263 Å². The van der Waals surface area contributed by atoms with Crippen molar-refractivity contribution in [3.8, 4) is 11.3 Å². The molecule has 4 atom stereocenters. The van der Waals surface area contributed by atoms with Crippen molar-refractivity contribution in [2.24, 2.45) is 23.7 Å². The number of carbonyl (C=O) groups is 4. The van der Waals surface area contributed by atoms with Crippen LogP contribution in [0.4, 0.5) is 5.69 Å². The SMILES string of the molecule is Cc1ccc(C(=O)COC(=O)c2cc(-c3ccc(N4C(=O)C5C6CCC(C6)C5C4=O)cc3)nc3c(C)cc(Br)cc23)cc1C. The molecule has 4 aromatic rings. The average Bonchev–Trinajstić information content (AvgIpc) is 3.70. The van der Waals surface area contributed by atoms with Gasteiger partial charge in [0.2, 0.25) is 11.8 Å². The predicted octanol–water partition coefficient (Wildman–Crippen LogP) is 7.16. The number of anilines is 1. The number of halogens is 1. The Hall–Kier alpha value is -4.17. The normalized spacial score (nSPS) is 22.1. The van der Waals surface area contributed by atoms with Crippen LogP contribution >= 0.6 is 15.9 Å². The van der Waals surface area contributed by atoms with E-state index in [-0.39, 0.29) is 36.0 Å². The van der Waals surface area contributed by atoms with E-state index in [2.05, 4.69) is 15.9 Å². The molecule has 1 aliphatic heterocycles. The standard InChI is InChI=1S/C36H31BrN2O5/c1-18-4-5-22(12-19(18)2)30(40)17-44-36(43)28-16-29(38-33-20(3)13-25(37)15-27(28)33)21-8-10-26(11-9-21)39-34(41)31-23-6-7-24(14-23)32(31)35(39)42/h4-5,8-13,15-16,23-24,31-32H,6-7,14,17H2,1-3H3. The van der Waals surface area contributed by atoms with Gasteiger partial charge in [-0.3, -0.25) is 19.3 Å². The molecule has 1 saturated heterocycles. The number of esters is 1. The summed E-state index contributed by atoms with van der Waals surface area (Å²) in [4.78, 5) is 59.2. The van der Waals surface area contributed by atoms with Gasteiger partial charge in [0.25, 0.3) is 0 Å². The molecule has 3 aromatic carbocycles. The van der Waals surface area contributed by atoms with Gasteiger partial charge in [-0.2, -0.15) is 0 Å². The van der Waals surface area contributed by atoms with Gasteiger partial charge in [0.15, 0.2) is 12.4 Å². The number of imide groups is 1. The number of hydrogen-bond donors (Lipinski definition) is 0. The summed E-state index contributed by atoms with van der Waals surface area (Å²) in [5, 5.41) is 0.607. The van der Waals surface area contributed by atoms with Gasteiger partial charge >= 0.3 is 5.97 Å². The van der Waals surface area contributed by atoms with Crippen LogP contribution in [0.15, 0.2) is 65.1 Å². The Kier molecular flexibility index (Phi) is 7.00. The van der Waals surface area contributed by atoms with Crippen molar-refractivity contribution in [2.75, 3.05) is 11.5 Å². The zero-order valence-electron chi connectivity index (χ0n) is 24.7. The van der Waals surface area contributed by atoms with E-state index in [4.69, 9.17) is 9.72 Å². The van der Waals surface area contributed by atoms with Gasteiger partial charge in [-0.05, 0) is 105 Å². The Morgan fingerprint density at radius 1 is 0.864 bits per heavy atom. The van der Waals surface area contributed by atoms with Crippen molar-refractivity contribution in [1.29, 1.82) is 0 Å². The molecule has 3 aliphatic rings. The maximum Gasteiger partial charge on any atom is 0.339 e. The molecule has 2 amide bonds. The largest absolute Gasteiger partial charge is 0.454 e. The molecule has 44 heavy (non-hydrogen) atoms. The molecule has 2 aliphatic carbocycles. The van der Waals surface area contributed by atoms with E-state index in [1.54, 1.807) is 30.3 Å². The summed E-state index contributed by atoms with van der Waals surface area (Å²) in [7, 11) is 0. The van der Waals surface area contributed by atoms with E-state index < -0.39 is 5.97 Å². The molecule has 0 N–H and O–H groups in total. The second-order valence-corrected chi connectivity index (χ2v) is 13.3. The van der Waals surface area contributed by atoms with Crippen LogP contribution in [0.25, 0.3) is 22.2 Å². The Morgan fingerprint density at radius 3 is 2.20 bits per heavy atom. The first kappa shape index (κ1) is 28.6. The number of benzene rings is 3. The van der Waals surface area contributed by atoms with Crippen molar-refractivity contribution >= 4 is 56.1 Å². The van der Waals surface area contributed by atoms with Crippen molar-refractivity contribution < 1.29 is 23.9 Å². The van der Waals surface area contributed by atoms with E-state index in [0.717, 1.165) is 46.0 Å². The Bertz CT molecular complexity index is 1870. The van der Waals surface area contributed by atoms with Gasteiger partial charge in [-0.15, -0.1) is 0 Å². The number of aryl methyl sites for hydroxylation is 3. The quantitative estimate of drug-likeness (QED) is 0.125. The maximum absolute atomic E-state index is 13.5. The number of amides is 2. The lowest BCUT2D eigenvalue weighted by atomic mass is 9.81. The van der Waals surface area contributed by atoms with Crippen LogP contribution in [0.1, 0.15) is 56.7 Å². The highest BCUT2D eigenvalue weighted by Crippen LogP contribution is 2.56. The number of aromatic nitrogens is 1. The van der Waals surface area contributed by atoms with E-state index in [1.165, 1.54) is 4.90 Å². The number of ketones is 1. The fourth-order valence-corrected chi connectivity index (χ4v) is 8.00. The zero-order valence-corrected chi connectivity index (χ0v) is 26.3. The van der Waals surface area contributed by atoms with Crippen LogP contribution in [0.2, 0.25) is 0 Å². The van der Waals surface area contributed by atoms with E-state index >= 15 is 0 Å². The van der Waals surface area contributed by atoms with Crippen molar-refractivity contribution in [3.05, 3.63) is 93.0 Å². The summed E-state index contributed by atoms with van der Waals surface area (Å²) in [5.74, 6) is -0.775. The lowest BCUT2D eigenvalue weighted by Gasteiger charge is -2.19. The topological polar surface area (TPSA) is 93.6 Å². The first-order chi connectivity index (χ1) is 21.1. The van der Waals surface area contributed by atoms with Crippen LogP contribution in [-0.4, -0.2) is 35.2 Å². The van der Waals surface area contributed by atoms with E-state index in [9.17, 15) is 19.2 Å². The number of hydrogen-bond acceptors (Lipinski definition) is 6. The maximum atomic E-state index is 13.5. The lowest BCUT2D eigenvalue weighted by molar-refractivity contribution is -0.123. The summed E-state index contributed by atoms with van der Waals surface area (Å²) in [6.45, 7) is 5.44. The van der Waals surface area contributed by atoms with Gasteiger partial charge in [-0.1, -0.05) is 40.2 Å². The van der Waals surface area contributed by atoms with Gasteiger partial charge in [0.05, 0.1) is 34.3 Å².